The summed E-state index contributed by atoms with van der Waals surface area (Å²) < 4.78 is 0. The molecule has 1 aromatic carbocycles. The molecule has 0 spiro atoms. The third-order valence-corrected chi connectivity index (χ3v) is 3.06. The van der Waals surface area contributed by atoms with Crippen molar-refractivity contribution in [2.75, 3.05) is 5.32 Å². The van der Waals surface area contributed by atoms with E-state index in [0.29, 0.717) is 11.6 Å². The van der Waals surface area contributed by atoms with Crippen LogP contribution in [0.1, 0.15) is 45.6 Å². The van der Waals surface area contributed by atoms with Gasteiger partial charge in [-0.3, -0.25) is 9.89 Å². The molecule has 3 rings (SSSR count). The predicted molar refractivity (Wildman–Crippen MR) is 69.7 cm³/mol. The first kappa shape index (κ1) is 12.3. The van der Waals surface area contributed by atoms with Crippen molar-refractivity contribution < 1.29 is 14.7 Å². The quantitative estimate of drug-likeness (QED) is 0.784. The smallest absolute Gasteiger partial charge is 0.335 e. The third-order valence-electron chi connectivity index (χ3n) is 3.06. The molecule has 0 aliphatic heterocycles. The molecular weight excluding hydrogens is 260 g/mol. The molecule has 2 aromatic rings. The van der Waals surface area contributed by atoms with Gasteiger partial charge in [-0.05, 0) is 37.1 Å². The van der Waals surface area contributed by atoms with Gasteiger partial charge in [0.1, 0.15) is 5.82 Å². The molecule has 0 bridgehead atoms. The molecule has 1 fully saturated rings. The molecule has 1 amide bonds. The molecule has 0 unspecified atom stereocenters. The molecule has 20 heavy (non-hydrogen) atoms. The largest absolute Gasteiger partial charge is 0.478 e. The molecule has 102 valence electrons. The Morgan fingerprint density at radius 3 is 2.55 bits per heavy atom. The van der Waals surface area contributed by atoms with Crippen LogP contribution in [0, 0.1) is 0 Å². The molecule has 0 saturated heterocycles. The summed E-state index contributed by atoms with van der Waals surface area (Å²) in [6.45, 7) is 0. The highest BCUT2D eigenvalue weighted by molar-refractivity contribution is 6.01. The van der Waals surface area contributed by atoms with Gasteiger partial charge in [-0.2, -0.15) is 0 Å². The zero-order chi connectivity index (χ0) is 14.1. The average molecular weight is 272 g/mol. The van der Waals surface area contributed by atoms with Crippen LogP contribution in [0.5, 0.6) is 0 Å². The fourth-order valence-corrected chi connectivity index (χ4v) is 1.80. The van der Waals surface area contributed by atoms with Gasteiger partial charge < -0.3 is 10.4 Å². The van der Waals surface area contributed by atoms with E-state index in [1.807, 2.05) is 0 Å². The van der Waals surface area contributed by atoms with Crippen LogP contribution >= 0.6 is 0 Å². The van der Waals surface area contributed by atoms with Crippen LogP contribution in [0.15, 0.2) is 24.3 Å². The average Bonchev–Trinajstić information content (AvgIpc) is 3.17. The van der Waals surface area contributed by atoms with Gasteiger partial charge in [-0.1, -0.05) is 0 Å². The highest BCUT2D eigenvalue weighted by Gasteiger charge is 2.28. The summed E-state index contributed by atoms with van der Waals surface area (Å²) in [5.41, 5.74) is 0.662. The van der Waals surface area contributed by atoms with Crippen molar-refractivity contribution in [1.29, 1.82) is 0 Å². The Hall–Kier alpha value is -2.70. The SMILES string of the molecule is O=C(O)c1ccc(NC(=O)c2n[nH]c(C3CC3)n2)cc1. The summed E-state index contributed by atoms with van der Waals surface area (Å²) in [5, 5.41) is 18.0. The monoisotopic (exact) mass is 272 g/mol. The van der Waals surface area contributed by atoms with E-state index in [1.165, 1.54) is 24.3 Å². The Bertz CT molecular complexity index is 659. The Kier molecular flexibility index (Phi) is 2.94. The van der Waals surface area contributed by atoms with Crippen molar-refractivity contribution >= 4 is 17.6 Å². The fraction of sp³-hybridized carbons (Fsp3) is 0.231. The number of carboxylic acids is 1. The second-order valence-corrected chi connectivity index (χ2v) is 4.66. The lowest BCUT2D eigenvalue weighted by Crippen LogP contribution is -2.14. The van der Waals surface area contributed by atoms with Crippen LogP contribution in [0.4, 0.5) is 5.69 Å². The number of nitrogens with one attached hydrogen (secondary N) is 2. The number of rotatable bonds is 4. The first-order chi connectivity index (χ1) is 9.63. The maximum absolute atomic E-state index is 11.9. The number of aromatic amines is 1. The van der Waals surface area contributed by atoms with Crippen LogP contribution in [0.2, 0.25) is 0 Å². The first-order valence-electron chi connectivity index (χ1n) is 6.20. The van der Waals surface area contributed by atoms with Gasteiger partial charge in [0.15, 0.2) is 0 Å². The standard InChI is InChI=1S/C13H12N4O3/c18-12(11-15-10(16-17-11)7-1-2-7)14-9-5-3-8(4-6-9)13(19)20/h3-7H,1-2H2,(H,14,18)(H,19,20)(H,15,16,17). The molecule has 1 aliphatic rings. The molecule has 1 heterocycles. The summed E-state index contributed by atoms with van der Waals surface area (Å²) in [7, 11) is 0. The molecule has 3 N–H and O–H groups in total. The number of nitrogens with zero attached hydrogens (tertiary/aromatic N) is 2. The number of benzene rings is 1. The van der Waals surface area contributed by atoms with Crippen LogP contribution in [-0.4, -0.2) is 32.2 Å². The number of carbonyl (C=O) groups is 2. The van der Waals surface area contributed by atoms with E-state index in [0.717, 1.165) is 18.7 Å². The normalized spacial score (nSPS) is 14.0. The number of carboxylic acid groups (broad SMARTS) is 1. The van der Waals surface area contributed by atoms with Crippen molar-refractivity contribution in [1.82, 2.24) is 15.2 Å². The number of amides is 1. The van der Waals surface area contributed by atoms with Crippen molar-refractivity contribution in [2.45, 2.75) is 18.8 Å². The molecular formula is C13H12N4O3. The van der Waals surface area contributed by atoms with Crippen LogP contribution in [-0.2, 0) is 0 Å². The topological polar surface area (TPSA) is 108 Å². The first-order valence-corrected chi connectivity index (χ1v) is 6.20. The van der Waals surface area contributed by atoms with Crippen LogP contribution < -0.4 is 5.32 Å². The van der Waals surface area contributed by atoms with Gasteiger partial charge in [0, 0.05) is 11.6 Å². The molecule has 0 radical (unpaired) electrons. The van der Waals surface area contributed by atoms with E-state index in [-0.39, 0.29) is 11.4 Å². The maximum atomic E-state index is 11.9. The number of aromatic nitrogens is 3. The zero-order valence-electron chi connectivity index (χ0n) is 10.5. The Balaban J connectivity index is 1.69. The summed E-state index contributed by atoms with van der Waals surface area (Å²) >= 11 is 0. The summed E-state index contributed by atoms with van der Waals surface area (Å²) in [5.74, 6) is -0.188. The predicted octanol–water partition coefficient (Wildman–Crippen LogP) is 1.63. The van der Waals surface area contributed by atoms with E-state index < -0.39 is 11.9 Å². The molecule has 7 heteroatoms. The minimum Gasteiger partial charge on any atom is -0.478 e. The number of aromatic carboxylic acids is 1. The van der Waals surface area contributed by atoms with Gasteiger partial charge in [-0.25, -0.2) is 9.78 Å². The fourth-order valence-electron chi connectivity index (χ4n) is 1.80. The molecule has 1 saturated carbocycles. The van der Waals surface area contributed by atoms with Crippen molar-refractivity contribution in [3.05, 3.63) is 41.5 Å². The summed E-state index contributed by atoms with van der Waals surface area (Å²) in [6.07, 6.45) is 2.15. The van der Waals surface area contributed by atoms with E-state index in [9.17, 15) is 9.59 Å². The van der Waals surface area contributed by atoms with Gasteiger partial charge >= 0.3 is 5.97 Å². The van der Waals surface area contributed by atoms with Gasteiger partial charge in [0.25, 0.3) is 5.91 Å². The number of H-pyrrole nitrogens is 1. The Morgan fingerprint density at radius 1 is 1.25 bits per heavy atom. The minimum absolute atomic E-state index is 0.0919. The highest BCUT2D eigenvalue weighted by Crippen LogP contribution is 2.37. The Morgan fingerprint density at radius 2 is 1.95 bits per heavy atom. The van der Waals surface area contributed by atoms with Crippen LogP contribution in [0.3, 0.4) is 0 Å². The van der Waals surface area contributed by atoms with E-state index in [4.69, 9.17) is 5.11 Å². The summed E-state index contributed by atoms with van der Waals surface area (Å²) in [6, 6.07) is 5.89. The second-order valence-electron chi connectivity index (χ2n) is 4.66. The third kappa shape index (κ3) is 2.51. The van der Waals surface area contributed by atoms with Crippen molar-refractivity contribution in [3.63, 3.8) is 0 Å². The molecule has 1 aliphatic carbocycles. The van der Waals surface area contributed by atoms with Gasteiger partial charge in [0.2, 0.25) is 5.82 Å². The molecule has 7 nitrogen and oxygen atoms in total. The number of carbonyl (C=O) groups excluding carboxylic acids is 1. The van der Waals surface area contributed by atoms with E-state index in [2.05, 4.69) is 20.5 Å². The number of hydrogen-bond acceptors (Lipinski definition) is 4. The second kappa shape index (κ2) is 4.76. The maximum Gasteiger partial charge on any atom is 0.335 e. The Labute approximate surface area is 114 Å². The van der Waals surface area contributed by atoms with Crippen LogP contribution in [0.25, 0.3) is 0 Å². The summed E-state index contributed by atoms with van der Waals surface area (Å²) in [4.78, 5) is 26.8. The molecule has 1 aromatic heterocycles. The lowest BCUT2D eigenvalue weighted by Gasteiger charge is -2.02. The van der Waals surface area contributed by atoms with Crippen molar-refractivity contribution in [2.24, 2.45) is 0 Å². The zero-order valence-corrected chi connectivity index (χ0v) is 10.5. The van der Waals surface area contributed by atoms with E-state index in [1.54, 1.807) is 0 Å². The number of anilines is 1. The lowest BCUT2D eigenvalue weighted by molar-refractivity contribution is 0.0696. The minimum atomic E-state index is -1.01. The number of hydrogen-bond donors (Lipinski definition) is 3. The lowest BCUT2D eigenvalue weighted by atomic mass is 10.2. The van der Waals surface area contributed by atoms with Crippen molar-refractivity contribution in [3.8, 4) is 0 Å². The molecule has 0 atom stereocenters. The van der Waals surface area contributed by atoms with Gasteiger partial charge in [-0.15, -0.1) is 5.10 Å². The highest BCUT2D eigenvalue weighted by atomic mass is 16.4. The van der Waals surface area contributed by atoms with Gasteiger partial charge in [0.05, 0.1) is 5.56 Å². The van der Waals surface area contributed by atoms with E-state index >= 15 is 0 Å².